The zero-order chi connectivity index (χ0) is 34.8. The van der Waals surface area contributed by atoms with E-state index in [2.05, 4.69) is 20.6 Å². The lowest BCUT2D eigenvalue weighted by atomic mass is 9.88. The van der Waals surface area contributed by atoms with Crippen LogP contribution in [-0.4, -0.2) is 72.3 Å². The first-order valence-electron chi connectivity index (χ1n) is 15.8. The number of esters is 1. The van der Waals surface area contributed by atoms with E-state index in [1.165, 1.54) is 6.07 Å². The number of ketones is 2. The molecule has 0 bridgehead atoms. The molecule has 0 radical (unpaired) electrons. The number of ether oxygens (including phenoxy) is 2. The Balaban J connectivity index is 2.04. The summed E-state index contributed by atoms with van der Waals surface area (Å²) in [7, 11) is -2.49. The first-order valence-corrected chi connectivity index (χ1v) is 18.7. The van der Waals surface area contributed by atoms with Gasteiger partial charge in [-0.25, -0.2) is 19.2 Å². The number of rotatable bonds is 13. The highest BCUT2D eigenvalue weighted by Crippen LogP contribution is 2.38. The normalized spacial score (nSPS) is 15.9. The van der Waals surface area contributed by atoms with Crippen LogP contribution in [-0.2, 0) is 23.5 Å². The summed E-state index contributed by atoms with van der Waals surface area (Å²) in [4.78, 5) is 63.4. The molecule has 0 saturated heterocycles. The van der Waals surface area contributed by atoms with Crippen molar-refractivity contribution in [1.29, 1.82) is 0 Å². The highest BCUT2D eigenvalue weighted by Gasteiger charge is 2.44. The number of Topliss-reactive ketones (excluding diaryl/α,β-unsaturated/α-hetero) is 2. The summed E-state index contributed by atoms with van der Waals surface area (Å²) in [6.45, 7) is 20.0. The van der Waals surface area contributed by atoms with Crippen molar-refractivity contribution < 1.29 is 37.5 Å². The molecule has 254 valence electrons. The quantitative estimate of drug-likeness (QED) is 0.109. The van der Waals surface area contributed by atoms with Gasteiger partial charge in [0.2, 0.25) is 0 Å². The molecule has 2 N–H and O–H groups in total. The van der Waals surface area contributed by atoms with Crippen molar-refractivity contribution in [2.75, 3.05) is 11.9 Å². The molecule has 1 aliphatic rings. The molecule has 0 spiro atoms. The predicted octanol–water partition coefficient (Wildman–Crippen LogP) is 6.28. The van der Waals surface area contributed by atoms with E-state index < -0.39 is 67.8 Å². The molecular formula is C33H49FN4O7Si. The Bertz CT molecular complexity index is 1480. The van der Waals surface area contributed by atoms with Gasteiger partial charge in [0.05, 0.1) is 29.5 Å². The SMILES string of the molecule is CCOC(=O)C(CC(=O)c1c(F)ccc2nc(C)c(NC3CC3)nc12)C(=O)[C@@H](NC(=O)OC(C)(C)C)[C@@H](C)O[Si](C)(C)C(C)(C)C. The molecule has 1 fully saturated rings. The number of carbonyl (C=O) groups is 4. The van der Waals surface area contributed by atoms with Crippen molar-refractivity contribution in [3.63, 3.8) is 0 Å². The maximum atomic E-state index is 15.4. The third-order valence-electron chi connectivity index (χ3n) is 8.20. The van der Waals surface area contributed by atoms with Crippen LogP contribution in [0.2, 0.25) is 18.1 Å². The van der Waals surface area contributed by atoms with E-state index in [9.17, 15) is 19.2 Å². The Labute approximate surface area is 271 Å². The first-order chi connectivity index (χ1) is 21.1. The molecule has 1 aromatic carbocycles. The van der Waals surface area contributed by atoms with Crippen LogP contribution < -0.4 is 10.6 Å². The van der Waals surface area contributed by atoms with Crippen LogP contribution in [0.3, 0.4) is 0 Å². The number of alkyl carbamates (subject to hydrolysis) is 1. The minimum atomic E-state index is -2.49. The number of carbonyl (C=O) groups excluding carboxylic acids is 4. The van der Waals surface area contributed by atoms with Gasteiger partial charge in [0, 0.05) is 12.5 Å². The third kappa shape index (κ3) is 9.31. The van der Waals surface area contributed by atoms with Crippen LogP contribution >= 0.6 is 0 Å². The number of halogens is 1. The number of nitrogens with zero attached hydrogens (tertiary/aromatic N) is 2. The Morgan fingerprint density at radius 2 is 1.70 bits per heavy atom. The van der Waals surface area contributed by atoms with Gasteiger partial charge in [-0.2, -0.15) is 0 Å². The third-order valence-corrected chi connectivity index (χ3v) is 12.8. The van der Waals surface area contributed by atoms with Crippen molar-refractivity contribution >= 4 is 48.8 Å². The van der Waals surface area contributed by atoms with Gasteiger partial charge >= 0.3 is 12.1 Å². The molecule has 0 aliphatic heterocycles. The number of nitrogens with one attached hydrogen (secondary N) is 2. The lowest BCUT2D eigenvalue weighted by Gasteiger charge is -2.40. The first kappa shape index (κ1) is 37.0. The minimum Gasteiger partial charge on any atom is -0.465 e. The number of amides is 1. The summed E-state index contributed by atoms with van der Waals surface area (Å²) in [5, 5.41) is 5.59. The standard InChI is InChI=1S/C33H49FN4O7Si/c1-12-43-30(41)21(28(40)26(38-31(42)44-32(4,5)6)19(3)45-46(10,11)33(7,8)9)17-24(39)25-22(34)15-16-23-27(25)37-29(18(2)35-23)36-20-13-14-20/h15-16,19-21,26H,12-14,17H2,1-11H3,(H,36,37)(H,38,42)/t19-,21?,26+/m1/s1. The lowest BCUT2D eigenvalue weighted by Crippen LogP contribution is -2.56. The van der Waals surface area contributed by atoms with E-state index in [0.717, 1.165) is 18.9 Å². The molecule has 11 nitrogen and oxygen atoms in total. The molecule has 1 saturated carbocycles. The molecule has 3 atom stereocenters. The number of fused-ring (bicyclic) bond motifs is 1. The van der Waals surface area contributed by atoms with Crippen LogP contribution in [0.25, 0.3) is 11.0 Å². The van der Waals surface area contributed by atoms with Crippen molar-refractivity contribution in [3.05, 3.63) is 29.2 Å². The maximum Gasteiger partial charge on any atom is 0.408 e. The highest BCUT2D eigenvalue weighted by molar-refractivity contribution is 6.74. The molecule has 1 heterocycles. The fourth-order valence-electron chi connectivity index (χ4n) is 4.62. The molecule has 46 heavy (non-hydrogen) atoms. The largest absolute Gasteiger partial charge is 0.465 e. The Morgan fingerprint density at radius 3 is 2.24 bits per heavy atom. The van der Waals surface area contributed by atoms with Gasteiger partial charge in [0.25, 0.3) is 0 Å². The minimum absolute atomic E-state index is 0.0202. The topological polar surface area (TPSA) is 146 Å². The van der Waals surface area contributed by atoms with Crippen LogP contribution in [0.15, 0.2) is 12.1 Å². The van der Waals surface area contributed by atoms with E-state index in [-0.39, 0.29) is 28.8 Å². The average molecular weight is 661 g/mol. The van der Waals surface area contributed by atoms with Crippen LogP contribution in [0.5, 0.6) is 0 Å². The second kappa shape index (κ2) is 14.1. The number of benzene rings is 1. The molecule has 3 rings (SSSR count). The van der Waals surface area contributed by atoms with Crippen LogP contribution in [0.1, 0.15) is 90.7 Å². The van der Waals surface area contributed by atoms with Gasteiger partial charge in [0.1, 0.15) is 34.7 Å². The highest BCUT2D eigenvalue weighted by atomic mass is 28.4. The summed E-state index contributed by atoms with van der Waals surface area (Å²) < 4.78 is 32.5. The lowest BCUT2D eigenvalue weighted by molar-refractivity contribution is -0.152. The van der Waals surface area contributed by atoms with Crippen molar-refractivity contribution in [2.24, 2.45) is 5.92 Å². The molecule has 1 aliphatic carbocycles. The predicted molar refractivity (Wildman–Crippen MR) is 176 cm³/mol. The van der Waals surface area contributed by atoms with Gasteiger partial charge < -0.3 is 24.5 Å². The second-order valence-corrected chi connectivity index (χ2v) is 19.2. The van der Waals surface area contributed by atoms with E-state index in [4.69, 9.17) is 13.9 Å². The second-order valence-electron chi connectivity index (χ2n) is 14.4. The van der Waals surface area contributed by atoms with Crippen molar-refractivity contribution in [1.82, 2.24) is 15.3 Å². The Kier molecular flexibility index (Phi) is 11.4. The molecule has 13 heteroatoms. The smallest absolute Gasteiger partial charge is 0.408 e. The van der Waals surface area contributed by atoms with Gasteiger partial charge in [0.15, 0.2) is 19.9 Å². The summed E-state index contributed by atoms with van der Waals surface area (Å²) in [6.07, 6.45) is -0.603. The van der Waals surface area contributed by atoms with Gasteiger partial charge in [-0.05, 0) is 84.6 Å². The molecule has 1 amide bonds. The zero-order valence-electron chi connectivity index (χ0n) is 28.9. The van der Waals surface area contributed by atoms with E-state index in [1.54, 1.807) is 41.5 Å². The molecule has 1 unspecified atom stereocenters. The Morgan fingerprint density at radius 1 is 1.07 bits per heavy atom. The van der Waals surface area contributed by atoms with E-state index >= 15 is 4.39 Å². The molecule has 2 aromatic rings. The molecular weight excluding hydrogens is 611 g/mol. The number of hydrogen-bond donors (Lipinski definition) is 2. The van der Waals surface area contributed by atoms with Gasteiger partial charge in [-0.15, -0.1) is 0 Å². The summed E-state index contributed by atoms with van der Waals surface area (Å²) in [5.41, 5.74) is -0.352. The number of hydrogen-bond acceptors (Lipinski definition) is 10. The van der Waals surface area contributed by atoms with Crippen LogP contribution in [0, 0.1) is 18.7 Å². The van der Waals surface area contributed by atoms with E-state index in [0.29, 0.717) is 17.0 Å². The average Bonchev–Trinajstić information content (AvgIpc) is 3.73. The van der Waals surface area contributed by atoms with E-state index in [1.807, 2.05) is 33.9 Å². The zero-order valence-corrected chi connectivity index (χ0v) is 29.9. The van der Waals surface area contributed by atoms with Crippen molar-refractivity contribution in [3.8, 4) is 0 Å². The Hall–Kier alpha value is -3.45. The van der Waals surface area contributed by atoms with Gasteiger partial charge in [-0.1, -0.05) is 20.8 Å². The summed E-state index contributed by atoms with van der Waals surface area (Å²) in [5.74, 6) is -4.74. The fraction of sp³-hybridized carbons (Fsp3) is 0.636. The van der Waals surface area contributed by atoms with Crippen LogP contribution in [0.4, 0.5) is 15.0 Å². The summed E-state index contributed by atoms with van der Waals surface area (Å²) in [6, 6.07) is 1.38. The maximum absolute atomic E-state index is 15.4. The van der Waals surface area contributed by atoms with Crippen molar-refractivity contribution in [2.45, 2.75) is 123 Å². The number of anilines is 1. The number of aryl methyl sites for hydroxylation is 1. The monoisotopic (exact) mass is 660 g/mol. The number of aromatic nitrogens is 2. The summed E-state index contributed by atoms with van der Waals surface area (Å²) >= 11 is 0. The molecule has 1 aromatic heterocycles. The van der Waals surface area contributed by atoms with Gasteiger partial charge in [-0.3, -0.25) is 14.4 Å². The fourth-order valence-corrected chi connectivity index (χ4v) is 6.04.